The Bertz CT molecular complexity index is 876. The van der Waals surface area contributed by atoms with Crippen LogP contribution in [0.1, 0.15) is 18.4 Å². The van der Waals surface area contributed by atoms with Crippen LogP contribution in [0.5, 0.6) is 5.75 Å². The normalized spacial score (nSPS) is 19.6. The number of benzene rings is 2. The van der Waals surface area contributed by atoms with E-state index >= 15 is 0 Å². The summed E-state index contributed by atoms with van der Waals surface area (Å²) >= 11 is 0. The van der Waals surface area contributed by atoms with E-state index in [1.807, 2.05) is 24.3 Å². The van der Waals surface area contributed by atoms with Gasteiger partial charge in [0.1, 0.15) is 11.6 Å². The second kappa shape index (κ2) is 7.35. The quantitative estimate of drug-likeness (QED) is 0.737. The average molecular weight is 390 g/mol. The first-order chi connectivity index (χ1) is 13.5. The van der Waals surface area contributed by atoms with E-state index in [-0.39, 0.29) is 17.8 Å². The average Bonchev–Trinajstić information content (AvgIpc) is 2.67. The Morgan fingerprint density at radius 2 is 1.64 bits per heavy atom. The molecular weight excluding hydrogens is 369 g/mol. The van der Waals surface area contributed by atoms with Gasteiger partial charge in [-0.2, -0.15) is 0 Å². The number of hydrogen-bond donors (Lipinski definition) is 3. The molecule has 0 unspecified atom stereocenters. The largest absolute Gasteiger partial charge is 0.573 e. The van der Waals surface area contributed by atoms with Gasteiger partial charge in [0.2, 0.25) is 0 Å². The van der Waals surface area contributed by atoms with Crippen LogP contribution in [0.2, 0.25) is 0 Å². The molecule has 1 fully saturated rings. The topological polar surface area (TPSA) is 57.7 Å². The predicted molar refractivity (Wildman–Crippen MR) is 103 cm³/mol. The first kappa shape index (κ1) is 18.6. The van der Waals surface area contributed by atoms with E-state index in [0.29, 0.717) is 5.56 Å². The van der Waals surface area contributed by atoms with Gasteiger partial charge in [-0.15, -0.1) is 13.2 Å². The van der Waals surface area contributed by atoms with Gasteiger partial charge >= 0.3 is 6.36 Å². The Hall–Kier alpha value is -2.74. The number of alkyl halides is 3. The first-order valence-electron chi connectivity index (χ1n) is 9.19. The highest BCUT2D eigenvalue weighted by molar-refractivity contribution is 6.09. The molecule has 2 aromatic rings. The Morgan fingerprint density at radius 1 is 0.964 bits per heavy atom. The van der Waals surface area contributed by atoms with Crippen LogP contribution in [0.3, 0.4) is 0 Å². The summed E-state index contributed by atoms with van der Waals surface area (Å²) in [5.74, 6) is 0.525. The number of rotatable bonds is 3. The zero-order valence-electron chi connectivity index (χ0n) is 15.1. The summed E-state index contributed by atoms with van der Waals surface area (Å²) in [6.07, 6.45) is -3.08. The summed E-state index contributed by atoms with van der Waals surface area (Å²) in [5.41, 5.74) is 1.94. The molecule has 0 radical (unpaired) electrons. The fourth-order valence-corrected chi connectivity index (χ4v) is 3.69. The lowest BCUT2D eigenvalue weighted by molar-refractivity contribution is -0.274. The Morgan fingerprint density at radius 3 is 2.39 bits per heavy atom. The third-order valence-electron chi connectivity index (χ3n) is 5.07. The Labute approximate surface area is 161 Å². The lowest BCUT2D eigenvalue weighted by Gasteiger charge is -2.44. The van der Waals surface area contributed by atoms with Crippen molar-refractivity contribution >= 4 is 17.2 Å². The van der Waals surface area contributed by atoms with E-state index in [2.05, 4.69) is 25.7 Å². The molecule has 0 aliphatic carbocycles. The second-order valence-corrected chi connectivity index (χ2v) is 6.95. The van der Waals surface area contributed by atoms with Crippen LogP contribution in [0.4, 0.5) is 24.5 Å². The van der Waals surface area contributed by atoms with Crippen molar-refractivity contribution < 1.29 is 17.9 Å². The molecule has 0 bridgehead atoms. The van der Waals surface area contributed by atoms with Crippen molar-refractivity contribution in [3.63, 3.8) is 0 Å². The molecule has 2 heterocycles. The van der Waals surface area contributed by atoms with Gasteiger partial charge in [0.25, 0.3) is 0 Å². The highest BCUT2D eigenvalue weighted by Crippen LogP contribution is 2.36. The first-order valence-corrected chi connectivity index (χ1v) is 9.19. The monoisotopic (exact) mass is 390 g/mol. The lowest BCUT2D eigenvalue weighted by atomic mass is 9.84. The van der Waals surface area contributed by atoms with Crippen LogP contribution in [0.15, 0.2) is 53.5 Å². The molecule has 0 amide bonds. The van der Waals surface area contributed by atoms with Crippen molar-refractivity contribution in [2.45, 2.75) is 31.3 Å². The summed E-state index contributed by atoms with van der Waals surface area (Å²) in [7, 11) is 0. The van der Waals surface area contributed by atoms with Gasteiger partial charge in [-0.1, -0.05) is 30.3 Å². The van der Waals surface area contributed by atoms with Crippen molar-refractivity contribution in [2.24, 2.45) is 4.99 Å². The maximum Gasteiger partial charge on any atom is 0.573 e. The lowest BCUT2D eigenvalue weighted by Crippen LogP contribution is -2.57. The Kier molecular flexibility index (Phi) is 4.89. The summed E-state index contributed by atoms with van der Waals surface area (Å²) in [4.78, 5) is 4.69. The minimum atomic E-state index is -4.73. The number of aliphatic imine (C=N–C) groups is 1. The van der Waals surface area contributed by atoms with Gasteiger partial charge in [0, 0.05) is 5.56 Å². The molecule has 28 heavy (non-hydrogen) atoms. The number of halogens is 3. The van der Waals surface area contributed by atoms with E-state index in [1.54, 1.807) is 12.1 Å². The van der Waals surface area contributed by atoms with E-state index < -0.39 is 6.36 Å². The summed E-state index contributed by atoms with van der Waals surface area (Å²) in [5, 5.41) is 10.3. The number of fused-ring (bicyclic) bond motifs is 1. The van der Waals surface area contributed by atoms with Gasteiger partial charge in [-0.05, 0) is 44.1 Å². The van der Waals surface area contributed by atoms with Crippen LogP contribution in [0.25, 0.3) is 0 Å². The van der Waals surface area contributed by atoms with Crippen molar-refractivity contribution in [1.82, 2.24) is 5.32 Å². The van der Waals surface area contributed by atoms with Crippen molar-refractivity contribution in [3.8, 4) is 5.75 Å². The summed E-state index contributed by atoms with van der Waals surface area (Å²) in [6, 6.07) is 14.0. The molecule has 5 nitrogen and oxygen atoms in total. The standard InChI is InChI=1S/C20H21F3N4O/c21-20(22,23)28-17-8-4-1-5-14(17)13-25-18-19(9-11-24-12-10-19)27-16-7-3-2-6-15(16)26-18/h1-8,24,27H,9-13H2,(H,25,26). The molecule has 8 heteroatoms. The molecule has 1 spiro atoms. The molecule has 0 atom stereocenters. The van der Waals surface area contributed by atoms with Gasteiger partial charge < -0.3 is 20.7 Å². The zero-order valence-corrected chi connectivity index (χ0v) is 15.1. The third-order valence-corrected chi connectivity index (χ3v) is 5.07. The highest BCUT2D eigenvalue weighted by Gasteiger charge is 2.40. The molecule has 148 valence electrons. The maximum atomic E-state index is 12.7. The second-order valence-electron chi connectivity index (χ2n) is 6.95. The molecule has 2 aliphatic heterocycles. The van der Waals surface area contributed by atoms with Crippen LogP contribution in [-0.2, 0) is 6.54 Å². The van der Waals surface area contributed by atoms with E-state index in [1.165, 1.54) is 12.1 Å². The molecule has 4 rings (SSSR count). The van der Waals surface area contributed by atoms with Gasteiger partial charge in [0.15, 0.2) is 0 Å². The smallest absolute Gasteiger partial charge is 0.405 e. The minimum Gasteiger partial charge on any atom is -0.405 e. The van der Waals surface area contributed by atoms with E-state index in [0.717, 1.165) is 43.1 Å². The number of piperidine rings is 1. The van der Waals surface area contributed by atoms with E-state index in [4.69, 9.17) is 0 Å². The van der Waals surface area contributed by atoms with E-state index in [9.17, 15) is 13.2 Å². The van der Waals surface area contributed by atoms with Crippen LogP contribution in [0, 0.1) is 0 Å². The number of nitrogens with one attached hydrogen (secondary N) is 3. The number of ether oxygens (including phenoxy) is 1. The third kappa shape index (κ3) is 3.91. The molecule has 0 saturated carbocycles. The highest BCUT2D eigenvalue weighted by atomic mass is 19.4. The number of amidine groups is 1. The van der Waals surface area contributed by atoms with Crippen molar-refractivity contribution in [3.05, 3.63) is 54.1 Å². The maximum absolute atomic E-state index is 12.7. The van der Waals surface area contributed by atoms with Gasteiger partial charge in [0.05, 0.1) is 23.5 Å². The van der Waals surface area contributed by atoms with Crippen molar-refractivity contribution in [2.75, 3.05) is 23.7 Å². The zero-order chi connectivity index (χ0) is 19.6. The molecule has 2 aromatic carbocycles. The van der Waals surface area contributed by atoms with Crippen molar-refractivity contribution in [1.29, 1.82) is 0 Å². The van der Waals surface area contributed by atoms with Crippen LogP contribution in [-0.4, -0.2) is 30.8 Å². The molecule has 3 N–H and O–H groups in total. The Balaban J connectivity index is 1.64. The molecule has 0 aromatic heterocycles. The minimum absolute atomic E-state index is 0.0909. The van der Waals surface area contributed by atoms with Gasteiger partial charge in [-0.3, -0.25) is 4.99 Å². The molecular formula is C20H21F3N4O. The summed E-state index contributed by atoms with van der Waals surface area (Å²) < 4.78 is 42.2. The number of anilines is 2. The number of hydrogen-bond acceptors (Lipinski definition) is 4. The summed E-state index contributed by atoms with van der Waals surface area (Å²) in [6.45, 7) is 1.76. The van der Waals surface area contributed by atoms with Crippen LogP contribution >= 0.6 is 0 Å². The predicted octanol–water partition coefficient (Wildman–Crippen LogP) is 4.14. The molecule has 1 saturated heterocycles. The SMILES string of the molecule is FC(F)(F)Oc1ccccc1CN=C1Nc2ccccc2NC12CCNCC2. The van der Waals surface area contributed by atoms with Crippen LogP contribution < -0.4 is 20.7 Å². The fourth-order valence-electron chi connectivity index (χ4n) is 3.69. The number of nitrogens with zero attached hydrogens (tertiary/aromatic N) is 1. The number of para-hydroxylation sites is 3. The molecule has 2 aliphatic rings. The van der Waals surface area contributed by atoms with Gasteiger partial charge in [-0.25, -0.2) is 0 Å². The fraction of sp³-hybridized carbons (Fsp3) is 0.350.